The zero-order valence-electron chi connectivity index (χ0n) is 11.7. The number of carbonyl (C=O) groups is 1. The number of benzene rings is 2. The van der Waals surface area contributed by atoms with Crippen LogP contribution in [0.1, 0.15) is 21.5 Å². The molecule has 0 atom stereocenters. The van der Waals surface area contributed by atoms with E-state index in [2.05, 4.69) is 24.4 Å². The molecule has 0 bridgehead atoms. The van der Waals surface area contributed by atoms with Crippen LogP contribution in [0.2, 0.25) is 0 Å². The Labute approximate surface area is 118 Å². The fraction of sp³-hybridized carbons (Fsp3) is 0.235. The van der Waals surface area contributed by atoms with Crippen molar-refractivity contribution in [3.05, 3.63) is 53.1 Å². The molecule has 3 heteroatoms. The third-order valence-electron chi connectivity index (χ3n) is 3.77. The number of aryl methyl sites for hydroxylation is 1. The molecule has 0 unspecified atom stereocenters. The molecule has 0 saturated heterocycles. The molecule has 0 fully saturated rings. The van der Waals surface area contributed by atoms with Crippen molar-refractivity contribution >= 4 is 5.91 Å². The highest BCUT2D eigenvalue weighted by atomic mass is 16.5. The van der Waals surface area contributed by atoms with Crippen molar-refractivity contribution in [2.45, 2.75) is 13.3 Å². The van der Waals surface area contributed by atoms with E-state index in [0.717, 1.165) is 35.4 Å². The first-order chi connectivity index (χ1) is 9.69. The number of ether oxygens (including phenoxy) is 1. The summed E-state index contributed by atoms with van der Waals surface area (Å²) in [6.45, 7) is 2.79. The van der Waals surface area contributed by atoms with E-state index < -0.39 is 0 Å². The van der Waals surface area contributed by atoms with Crippen molar-refractivity contribution in [1.29, 1.82) is 0 Å². The zero-order valence-corrected chi connectivity index (χ0v) is 11.7. The average molecular weight is 267 g/mol. The summed E-state index contributed by atoms with van der Waals surface area (Å²) in [5.74, 6) is 0.896. The van der Waals surface area contributed by atoms with Gasteiger partial charge in [-0.3, -0.25) is 4.79 Å². The van der Waals surface area contributed by atoms with Crippen LogP contribution >= 0.6 is 0 Å². The van der Waals surface area contributed by atoms with E-state index in [0.29, 0.717) is 0 Å². The minimum absolute atomic E-state index is 0.0317. The highest BCUT2D eigenvalue weighted by Gasteiger charge is 2.17. The minimum Gasteiger partial charge on any atom is -0.497 e. The molecule has 1 heterocycles. The van der Waals surface area contributed by atoms with Crippen LogP contribution in [0.15, 0.2) is 36.4 Å². The Kier molecular flexibility index (Phi) is 3.18. The SMILES string of the molecule is COc1ccc(-c2ccc3c(c2)CCNC3=O)c(C)c1. The van der Waals surface area contributed by atoms with E-state index in [-0.39, 0.29) is 5.91 Å². The summed E-state index contributed by atoms with van der Waals surface area (Å²) in [6.07, 6.45) is 0.893. The smallest absolute Gasteiger partial charge is 0.251 e. The third kappa shape index (κ3) is 2.16. The fourth-order valence-corrected chi connectivity index (χ4v) is 2.68. The lowest BCUT2D eigenvalue weighted by atomic mass is 9.93. The van der Waals surface area contributed by atoms with E-state index in [1.807, 2.05) is 24.3 Å². The standard InChI is InChI=1S/C17H17NO2/c1-11-9-14(20-2)4-6-15(11)12-3-5-16-13(10-12)7-8-18-17(16)19/h3-6,9-10H,7-8H2,1-2H3,(H,18,19). The molecule has 1 N–H and O–H groups in total. The summed E-state index contributed by atoms with van der Waals surface area (Å²) in [6, 6.07) is 12.1. The van der Waals surface area contributed by atoms with Gasteiger partial charge in [0, 0.05) is 12.1 Å². The van der Waals surface area contributed by atoms with E-state index in [9.17, 15) is 4.79 Å². The molecule has 2 aromatic rings. The molecule has 0 radical (unpaired) electrons. The molecule has 0 saturated carbocycles. The van der Waals surface area contributed by atoms with Crippen molar-refractivity contribution in [3.63, 3.8) is 0 Å². The maximum atomic E-state index is 11.8. The lowest BCUT2D eigenvalue weighted by Crippen LogP contribution is -2.31. The molecule has 1 aliphatic rings. The molecule has 0 aromatic heterocycles. The van der Waals surface area contributed by atoms with Crippen LogP contribution in [0.5, 0.6) is 5.75 Å². The molecule has 20 heavy (non-hydrogen) atoms. The lowest BCUT2D eigenvalue weighted by Gasteiger charge is -2.18. The Morgan fingerprint density at radius 2 is 1.90 bits per heavy atom. The van der Waals surface area contributed by atoms with Gasteiger partial charge in [0.05, 0.1) is 7.11 Å². The van der Waals surface area contributed by atoms with Crippen molar-refractivity contribution in [1.82, 2.24) is 5.32 Å². The normalized spacial score (nSPS) is 13.6. The molecular weight excluding hydrogens is 250 g/mol. The second-order valence-electron chi connectivity index (χ2n) is 5.06. The van der Waals surface area contributed by atoms with Gasteiger partial charge in [0.25, 0.3) is 5.91 Å². The number of hydrogen-bond acceptors (Lipinski definition) is 2. The molecule has 2 aromatic carbocycles. The predicted octanol–water partition coefficient (Wildman–Crippen LogP) is 2.96. The first-order valence-electron chi connectivity index (χ1n) is 6.75. The zero-order chi connectivity index (χ0) is 14.1. The Hall–Kier alpha value is -2.29. The highest BCUT2D eigenvalue weighted by Crippen LogP contribution is 2.29. The van der Waals surface area contributed by atoms with Gasteiger partial charge in [0.15, 0.2) is 0 Å². The Morgan fingerprint density at radius 1 is 1.10 bits per heavy atom. The summed E-state index contributed by atoms with van der Waals surface area (Å²) in [5, 5.41) is 2.87. The predicted molar refractivity (Wildman–Crippen MR) is 79.2 cm³/mol. The van der Waals surface area contributed by atoms with Gasteiger partial charge in [-0.05, 0) is 53.8 Å². The molecule has 0 spiro atoms. The van der Waals surface area contributed by atoms with Crippen LogP contribution in [-0.2, 0) is 6.42 Å². The number of carbonyl (C=O) groups excluding carboxylic acids is 1. The molecular formula is C17H17NO2. The summed E-state index contributed by atoms with van der Waals surface area (Å²) >= 11 is 0. The summed E-state index contributed by atoms with van der Waals surface area (Å²) in [5.41, 5.74) is 5.43. The van der Waals surface area contributed by atoms with Crippen LogP contribution in [0.3, 0.4) is 0 Å². The summed E-state index contributed by atoms with van der Waals surface area (Å²) < 4.78 is 5.24. The van der Waals surface area contributed by atoms with E-state index >= 15 is 0 Å². The van der Waals surface area contributed by atoms with Gasteiger partial charge in [-0.15, -0.1) is 0 Å². The van der Waals surface area contributed by atoms with Crippen molar-refractivity contribution in [2.24, 2.45) is 0 Å². The number of fused-ring (bicyclic) bond motifs is 1. The number of nitrogens with one attached hydrogen (secondary N) is 1. The third-order valence-corrected chi connectivity index (χ3v) is 3.77. The van der Waals surface area contributed by atoms with Crippen molar-refractivity contribution in [3.8, 4) is 16.9 Å². The van der Waals surface area contributed by atoms with Gasteiger partial charge >= 0.3 is 0 Å². The molecule has 102 valence electrons. The van der Waals surface area contributed by atoms with Gasteiger partial charge in [-0.2, -0.15) is 0 Å². The lowest BCUT2D eigenvalue weighted by molar-refractivity contribution is 0.0946. The number of methoxy groups -OCH3 is 1. The fourth-order valence-electron chi connectivity index (χ4n) is 2.68. The summed E-state index contributed by atoms with van der Waals surface area (Å²) in [4.78, 5) is 11.8. The first-order valence-corrected chi connectivity index (χ1v) is 6.75. The van der Waals surface area contributed by atoms with Crippen molar-refractivity contribution in [2.75, 3.05) is 13.7 Å². The molecule has 1 amide bonds. The second kappa shape index (κ2) is 5.00. The van der Waals surface area contributed by atoms with Gasteiger partial charge in [0.1, 0.15) is 5.75 Å². The van der Waals surface area contributed by atoms with Gasteiger partial charge in [-0.25, -0.2) is 0 Å². The first kappa shape index (κ1) is 12.7. The Balaban J connectivity index is 2.05. The van der Waals surface area contributed by atoms with Crippen LogP contribution in [0, 0.1) is 6.92 Å². The summed E-state index contributed by atoms with van der Waals surface area (Å²) in [7, 11) is 1.67. The van der Waals surface area contributed by atoms with Crippen LogP contribution < -0.4 is 10.1 Å². The Bertz CT molecular complexity index is 677. The van der Waals surface area contributed by atoms with E-state index in [1.165, 1.54) is 11.1 Å². The molecule has 3 nitrogen and oxygen atoms in total. The van der Waals surface area contributed by atoms with E-state index in [1.54, 1.807) is 7.11 Å². The average Bonchev–Trinajstić information content (AvgIpc) is 2.47. The van der Waals surface area contributed by atoms with Crippen molar-refractivity contribution < 1.29 is 9.53 Å². The number of rotatable bonds is 2. The molecule has 0 aliphatic carbocycles. The molecule has 1 aliphatic heterocycles. The maximum absolute atomic E-state index is 11.8. The van der Waals surface area contributed by atoms with Crippen LogP contribution in [0.25, 0.3) is 11.1 Å². The second-order valence-corrected chi connectivity index (χ2v) is 5.06. The number of amides is 1. The molecule has 3 rings (SSSR count). The van der Waals surface area contributed by atoms with E-state index in [4.69, 9.17) is 4.74 Å². The minimum atomic E-state index is 0.0317. The number of hydrogen-bond donors (Lipinski definition) is 1. The topological polar surface area (TPSA) is 38.3 Å². The van der Waals surface area contributed by atoms with Gasteiger partial charge < -0.3 is 10.1 Å². The van der Waals surface area contributed by atoms with Crippen LogP contribution in [-0.4, -0.2) is 19.6 Å². The largest absolute Gasteiger partial charge is 0.497 e. The van der Waals surface area contributed by atoms with Gasteiger partial charge in [0.2, 0.25) is 0 Å². The van der Waals surface area contributed by atoms with Gasteiger partial charge in [-0.1, -0.05) is 18.2 Å². The highest BCUT2D eigenvalue weighted by molar-refractivity contribution is 5.97. The monoisotopic (exact) mass is 267 g/mol. The van der Waals surface area contributed by atoms with Crippen LogP contribution in [0.4, 0.5) is 0 Å². The maximum Gasteiger partial charge on any atom is 0.251 e. The Morgan fingerprint density at radius 3 is 2.65 bits per heavy atom. The quantitative estimate of drug-likeness (QED) is 0.908.